The average Bonchev–Trinajstić information content (AvgIpc) is 3.52. The van der Waals surface area contributed by atoms with Gasteiger partial charge in [-0.15, -0.1) is 11.3 Å². The summed E-state index contributed by atoms with van der Waals surface area (Å²) in [6.45, 7) is 3.34. The number of piperidine rings is 1. The van der Waals surface area contributed by atoms with Crippen molar-refractivity contribution < 1.29 is 14.0 Å². The molecule has 2 aromatic heterocycles. The molecule has 1 aliphatic heterocycles. The van der Waals surface area contributed by atoms with E-state index in [2.05, 4.69) is 42.6 Å². The van der Waals surface area contributed by atoms with Crippen molar-refractivity contribution in [1.82, 2.24) is 10.2 Å². The Morgan fingerprint density at radius 2 is 1.94 bits per heavy atom. The first kappa shape index (κ1) is 21.4. The smallest absolute Gasteiger partial charge is 0.257 e. The first-order chi connectivity index (χ1) is 15.2. The Kier molecular flexibility index (Phi) is 6.87. The van der Waals surface area contributed by atoms with Gasteiger partial charge in [-0.3, -0.25) is 9.59 Å². The van der Waals surface area contributed by atoms with E-state index < -0.39 is 0 Å². The minimum absolute atomic E-state index is 0.0313. The second kappa shape index (κ2) is 9.96. The third-order valence-electron chi connectivity index (χ3n) is 5.89. The van der Waals surface area contributed by atoms with Gasteiger partial charge in [0.1, 0.15) is 6.26 Å². The van der Waals surface area contributed by atoms with E-state index in [0.717, 1.165) is 23.3 Å². The number of aryl methyl sites for hydroxylation is 1. The minimum Gasteiger partial charge on any atom is -0.472 e. The highest BCUT2D eigenvalue weighted by atomic mass is 32.1. The van der Waals surface area contributed by atoms with Crippen molar-refractivity contribution in [3.8, 4) is 0 Å². The Balaban J connectivity index is 1.41. The van der Waals surface area contributed by atoms with Gasteiger partial charge in [0.2, 0.25) is 5.91 Å². The van der Waals surface area contributed by atoms with E-state index in [4.69, 9.17) is 4.42 Å². The lowest BCUT2D eigenvalue weighted by atomic mass is 9.94. The molecule has 3 aromatic rings. The number of furan rings is 1. The highest BCUT2D eigenvalue weighted by molar-refractivity contribution is 7.10. The van der Waals surface area contributed by atoms with Crippen molar-refractivity contribution in [1.29, 1.82) is 0 Å². The van der Waals surface area contributed by atoms with E-state index in [0.29, 0.717) is 31.5 Å². The second-order valence-corrected chi connectivity index (χ2v) is 9.01. The largest absolute Gasteiger partial charge is 0.472 e. The van der Waals surface area contributed by atoms with E-state index in [1.165, 1.54) is 18.1 Å². The molecule has 6 heteroatoms. The normalized spacial score (nSPS) is 15.6. The highest BCUT2D eigenvalue weighted by Gasteiger charge is 2.30. The molecular formula is C25H28N2O3S. The Hall–Kier alpha value is -2.86. The van der Waals surface area contributed by atoms with Crippen molar-refractivity contribution in [2.75, 3.05) is 13.1 Å². The SMILES string of the molecule is CCCc1ccc(C(NC(=O)C2CCN(C(=O)c3ccoc3)CC2)c2cccs2)cc1. The number of nitrogens with one attached hydrogen (secondary N) is 1. The summed E-state index contributed by atoms with van der Waals surface area (Å²) in [6, 6.07) is 14.2. The molecule has 0 saturated carbocycles. The second-order valence-electron chi connectivity index (χ2n) is 8.03. The lowest BCUT2D eigenvalue weighted by molar-refractivity contribution is -0.126. The summed E-state index contributed by atoms with van der Waals surface area (Å²) in [5.41, 5.74) is 2.98. The fourth-order valence-corrected chi connectivity index (χ4v) is 4.92. The number of thiophene rings is 1. The number of hydrogen-bond donors (Lipinski definition) is 1. The molecule has 0 radical (unpaired) electrons. The predicted molar refractivity (Wildman–Crippen MR) is 122 cm³/mol. The first-order valence-corrected chi connectivity index (χ1v) is 11.8. The Morgan fingerprint density at radius 1 is 1.16 bits per heavy atom. The maximum atomic E-state index is 13.1. The van der Waals surface area contributed by atoms with Crippen LogP contribution in [0, 0.1) is 5.92 Å². The summed E-state index contributed by atoms with van der Waals surface area (Å²) >= 11 is 1.66. The third kappa shape index (κ3) is 5.07. The van der Waals surface area contributed by atoms with Crippen LogP contribution in [0.15, 0.2) is 64.8 Å². The van der Waals surface area contributed by atoms with Crippen LogP contribution in [0.4, 0.5) is 0 Å². The molecule has 31 heavy (non-hydrogen) atoms. The standard InChI is InChI=1S/C25H28N2O3S/c1-2-4-18-6-8-19(9-7-18)23(22-5-3-16-31-22)26-24(28)20-10-13-27(14-11-20)25(29)21-12-15-30-17-21/h3,5-9,12,15-17,20,23H,2,4,10-11,13-14H2,1H3,(H,26,28). The number of carbonyl (C=O) groups excluding carboxylic acids is 2. The molecule has 1 unspecified atom stereocenters. The lowest BCUT2D eigenvalue weighted by Gasteiger charge is -2.32. The van der Waals surface area contributed by atoms with Gasteiger partial charge in [-0.25, -0.2) is 0 Å². The molecule has 4 rings (SSSR count). The molecule has 1 fully saturated rings. The molecular weight excluding hydrogens is 408 g/mol. The topological polar surface area (TPSA) is 62.6 Å². The number of rotatable bonds is 7. The van der Waals surface area contributed by atoms with E-state index in [1.807, 2.05) is 11.4 Å². The summed E-state index contributed by atoms with van der Waals surface area (Å²) in [6.07, 6.45) is 6.49. The van der Waals surface area contributed by atoms with Gasteiger partial charge >= 0.3 is 0 Å². The van der Waals surface area contributed by atoms with Crippen LogP contribution in [-0.4, -0.2) is 29.8 Å². The summed E-state index contributed by atoms with van der Waals surface area (Å²) in [7, 11) is 0. The summed E-state index contributed by atoms with van der Waals surface area (Å²) < 4.78 is 5.02. The quantitative estimate of drug-likeness (QED) is 0.564. The van der Waals surface area contributed by atoms with Crippen LogP contribution in [0.3, 0.4) is 0 Å². The van der Waals surface area contributed by atoms with Crippen molar-refractivity contribution in [3.05, 3.63) is 81.9 Å². The molecule has 1 aliphatic rings. The number of likely N-dealkylation sites (tertiary alicyclic amines) is 1. The van der Waals surface area contributed by atoms with Gasteiger partial charge in [-0.05, 0) is 47.9 Å². The van der Waals surface area contributed by atoms with Gasteiger partial charge in [0.15, 0.2) is 0 Å². The maximum Gasteiger partial charge on any atom is 0.257 e. The van der Waals surface area contributed by atoms with Crippen molar-refractivity contribution in [2.45, 2.75) is 38.6 Å². The van der Waals surface area contributed by atoms with E-state index in [9.17, 15) is 9.59 Å². The van der Waals surface area contributed by atoms with Gasteiger partial charge in [0, 0.05) is 23.9 Å². The molecule has 5 nitrogen and oxygen atoms in total. The van der Waals surface area contributed by atoms with Crippen LogP contribution in [0.5, 0.6) is 0 Å². The average molecular weight is 437 g/mol. The van der Waals surface area contributed by atoms with Crippen molar-refractivity contribution in [2.24, 2.45) is 5.92 Å². The van der Waals surface area contributed by atoms with Crippen molar-refractivity contribution >= 4 is 23.2 Å². The molecule has 1 N–H and O–H groups in total. The number of benzene rings is 1. The molecule has 0 bridgehead atoms. The molecule has 162 valence electrons. The number of carbonyl (C=O) groups is 2. The van der Waals surface area contributed by atoms with E-state index in [1.54, 1.807) is 22.3 Å². The fraction of sp³-hybridized carbons (Fsp3) is 0.360. The molecule has 1 aromatic carbocycles. The van der Waals surface area contributed by atoms with Crippen LogP contribution in [-0.2, 0) is 11.2 Å². The number of nitrogens with zero attached hydrogens (tertiary/aromatic N) is 1. The van der Waals surface area contributed by atoms with E-state index >= 15 is 0 Å². The maximum absolute atomic E-state index is 13.1. The number of hydrogen-bond acceptors (Lipinski definition) is 4. The monoisotopic (exact) mass is 436 g/mol. The van der Waals surface area contributed by atoms with Crippen molar-refractivity contribution in [3.63, 3.8) is 0 Å². The zero-order valence-electron chi connectivity index (χ0n) is 17.8. The third-order valence-corrected chi connectivity index (χ3v) is 6.82. The number of amides is 2. The molecule has 2 amide bonds. The fourth-order valence-electron chi connectivity index (χ4n) is 4.11. The molecule has 0 spiro atoms. The zero-order valence-corrected chi connectivity index (χ0v) is 18.6. The van der Waals surface area contributed by atoms with Gasteiger partial charge in [-0.2, -0.15) is 0 Å². The first-order valence-electron chi connectivity index (χ1n) is 10.9. The molecule has 3 heterocycles. The Labute approximate surface area is 187 Å². The Bertz CT molecular complexity index is 972. The van der Waals surface area contributed by atoms with Crippen LogP contribution in [0.2, 0.25) is 0 Å². The predicted octanol–water partition coefficient (Wildman–Crippen LogP) is 5.05. The van der Waals surface area contributed by atoms with Crippen LogP contribution < -0.4 is 5.32 Å². The van der Waals surface area contributed by atoms with Crippen LogP contribution in [0.1, 0.15) is 58.6 Å². The molecule has 1 saturated heterocycles. The van der Waals surface area contributed by atoms with E-state index in [-0.39, 0.29) is 23.8 Å². The van der Waals surface area contributed by atoms with Crippen LogP contribution in [0.25, 0.3) is 0 Å². The van der Waals surface area contributed by atoms with Gasteiger partial charge < -0.3 is 14.6 Å². The highest BCUT2D eigenvalue weighted by Crippen LogP contribution is 2.28. The molecule has 1 atom stereocenters. The minimum atomic E-state index is -0.145. The van der Waals surface area contributed by atoms with Crippen LogP contribution >= 0.6 is 11.3 Å². The summed E-state index contributed by atoms with van der Waals surface area (Å²) in [5.74, 6) is -0.0575. The summed E-state index contributed by atoms with van der Waals surface area (Å²) in [5, 5.41) is 5.32. The lowest BCUT2D eigenvalue weighted by Crippen LogP contribution is -2.43. The van der Waals surface area contributed by atoms with Gasteiger partial charge in [-0.1, -0.05) is 43.7 Å². The molecule has 0 aliphatic carbocycles. The van der Waals surface area contributed by atoms with Gasteiger partial charge in [0.05, 0.1) is 17.9 Å². The summed E-state index contributed by atoms with van der Waals surface area (Å²) in [4.78, 5) is 28.6. The van der Waals surface area contributed by atoms with Gasteiger partial charge in [0.25, 0.3) is 5.91 Å². The zero-order chi connectivity index (χ0) is 21.6. The Morgan fingerprint density at radius 3 is 2.55 bits per heavy atom.